The summed E-state index contributed by atoms with van der Waals surface area (Å²) in [7, 11) is 0. The first-order chi connectivity index (χ1) is 17.6. The molecule has 36 heavy (non-hydrogen) atoms. The van der Waals surface area contributed by atoms with Gasteiger partial charge in [0, 0.05) is 41.3 Å². The Bertz CT molecular complexity index is 1430. The number of aromatic amines is 1. The third kappa shape index (κ3) is 4.09. The molecule has 6 nitrogen and oxygen atoms in total. The minimum absolute atomic E-state index is 0.320. The molecule has 1 saturated heterocycles. The Morgan fingerprint density at radius 3 is 2.64 bits per heavy atom. The van der Waals surface area contributed by atoms with E-state index in [0.717, 1.165) is 29.8 Å². The number of allylic oxidation sites excluding steroid dienone is 1. The molecule has 0 bridgehead atoms. The molecule has 2 aromatic heterocycles. The quantitative estimate of drug-likeness (QED) is 0.334. The third-order valence-corrected chi connectivity index (χ3v) is 7.99. The van der Waals surface area contributed by atoms with Crippen molar-refractivity contribution >= 4 is 27.8 Å². The highest BCUT2D eigenvalue weighted by Crippen LogP contribution is 2.45. The van der Waals surface area contributed by atoms with Crippen molar-refractivity contribution in [2.75, 3.05) is 26.3 Å². The summed E-state index contributed by atoms with van der Waals surface area (Å²) in [5, 5.41) is 12.2. The maximum Gasteiger partial charge on any atom is 0.335 e. The molecule has 0 unspecified atom stereocenters. The maximum atomic E-state index is 12.0. The molecule has 0 atom stereocenters. The second kappa shape index (κ2) is 9.51. The molecule has 2 fully saturated rings. The van der Waals surface area contributed by atoms with Crippen LogP contribution >= 0.6 is 0 Å². The van der Waals surface area contributed by atoms with Gasteiger partial charge >= 0.3 is 5.97 Å². The molecule has 0 amide bonds. The lowest BCUT2D eigenvalue weighted by Crippen LogP contribution is -2.36. The van der Waals surface area contributed by atoms with E-state index in [1.807, 2.05) is 18.3 Å². The second-order valence-corrected chi connectivity index (χ2v) is 10.2. The minimum Gasteiger partial charge on any atom is -0.478 e. The van der Waals surface area contributed by atoms with Crippen LogP contribution in [-0.4, -0.2) is 51.8 Å². The molecule has 0 spiro atoms. The van der Waals surface area contributed by atoms with Crippen LogP contribution in [-0.2, 0) is 11.3 Å². The predicted octanol–water partition coefficient (Wildman–Crippen LogP) is 6.38. The first-order valence-electron chi connectivity index (χ1n) is 13.1. The number of carboxylic acids is 1. The van der Waals surface area contributed by atoms with Gasteiger partial charge in [0.15, 0.2) is 0 Å². The molecule has 0 radical (unpaired) electrons. The number of hydrogen-bond donors (Lipinski definition) is 2. The summed E-state index contributed by atoms with van der Waals surface area (Å²) in [5.41, 5.74) is 7.20. The zero-order valence-electron chi connectivity index (χ0n) is 20.6. The van der Waals surface area contributed by atoms with E-state index in [9.17, 15) is 9.90 Å². The first kappa shape index (κ1) is 22.9. The summed E-state index contributed by atoms with van der Waals surface area (Å²) in [6.07, 6.45) is 8.08. The molecule has 6 heteroatoms. The summed E-state index contributed by atoms with van der Waals surface area (Å²) >= 11 is 0. The zero-order valence-corrected chi connectivity index (χ0v) is 20.6. The van der Waals surface area contributed by atoms with Crippen LogP contribution in [0.15, 0.2) is 60.9 Å². The Hall–Kier alpha value is -3.51. The molecule has 6 rings (SSSR count). The predicted molar refractivity (Wildman–Crippen MR) is 144 cm³/mol. The maximum absolute atomic E-state index is 12.0. The number of nitrogens with zero attached hydrogens (tertiary/aromatic N) is 2. The molecule has 2 aliphatic rings. The van der Waals surface area contributed by atoms with Crippen LogP contribution in [0.5, 0.6) is 0 Å². The van der Waals surface area contributed by atoms with Crippen molar-refractivity contribution < 1.29 is 14.6 Å². The standard InChI is InChI=1S/C30H33N3O3/c1-20(32-13-15-36-16-14-32)19-33-27-18-24(30(34)35)7-9-25(27)28(21-5-3-2-4-6-21)29(33)23-8-10-26-22(17-23)11-12-31-26/h7-12,17-18,21,31H,1-6,13-16,19H2,(H,34,35). The molecular weight excluding hydrogens is 450 g/mol. The van der Waals surface area contributed by atoms with E-state index in [-0.39, 0.29) is 0 Å². The van der Waals surface area contributed by atoms with Crippen LogP contribution in [0.2, 0.25) is 0 Å². The number of rotatable bonds is 6. The highest BCUT2D eigenvalue weighted by atomic mass is 16.5. The number of fused-ring (bicyclic) bond motifs is 2. The SMILES string of the molecule is C=C(Cn1c(-c2ccc3[nH]ccc3c2)c(C2CCCCC2)c2ccc(C(=O)O)cc21)N1CCOCC1. The van der Waals surface area contributed by atoms with Crippen LogP contribution in [0, 0.1) is 0 Å². The highest BCUT2D eigenvalue weighted by molar-refractivity contribution is 5.99. The number of H-pyrrole nitrogens is 1. The van der Waals surface area contributed by atoms with Crippen LogP contribution in [0.25, 0.3) is 33.1 Å². The first-order valence-corrected chi connectivity index (χ1v) is 13.1. The van der Waals surface area contributed by atoms with Crippen LogP contribution in [0.4, 0.5) is 0 Å². The van der Waals surface area contributed by atoms with E-state index in [1.165, 1.54) is 59.7 Å². The normalized spacial score (nSPS) is 17.2. The van der Waals surface area contributed by atoms with Gasteiger partial charge in [-0.2, -0.15) is 0 Å². The Morgan fingerprint density at radius 2 is 1.86 bits per heavy atom. The van der Waals surface area contributed by atoms with E-state index >= 15 is 0 Å². The molecular formula is C30H33N3O3. The molecule has 3 heterocycles. The molecule has 1 saturated carbocycles. The Kier molecular flexibility index (Phi) is 6.05. The van der Waals surface area contributed by atoms with E-state index in [1.54, 1.807) is 6.07 Å². The smallest absolute Gasteiger partial charge is 0.335 e. The Labute approximate surface area is 211 Å². The largest absolute Gasteiger partial charge is 0.478 e. The lowest BCUT2D eigenvalue weighted by atomic mass is 9.81. The van der Waals surface area contributed by atoms with Gasteiger partial charge in [0.25, 0.3) is 0 Å². The molecule has 2 aromatic carbocycles. The lowest BCUT2D eigenvalue weighted by molar-refractivity contribution is 0.0518. The van der Waals surface area contributed by atoms with Gasteiger partial charge in [-0.25, -0.2) is 4.79 Å². The molecule has 186 valence electrons. The summed E-state index contributed by atoms with van der Waals surface area (Å²) in [6.45, 7) is 8.16. The van der Waals surface area contributed by atoms with Gasteiger partial charge < -0.3 is 24.3 Å². The average Bonchev–Trinajstić information content (AvgIpc) is 3.51. The number of ether oxygens (including phenoxy) is 1. The molecule has 2 N–H and O–H groups in total. The number of hydrogen-bond acceptors (Lipinski definition) is 3. The fraction of sp³-hybridized carbons (Fsp3) is 0.367. The van der Waals surface area contributed by atoms with Crippen molar-refractivity contribution in [1.29, 1.82) is 0 Å². The summed E-state index contributed by atoms with van der Waals surface area (Å²) in [6, 6.07) is 14.4. The summed E-state index contributed by atoms with van der Waals surface area (Å²) in [5.74, 6) is -0.432. The number of benzene rings is 2. The van der Waals surface area contributed by atoms with Gasteiger partial charge in [-0.05, 0) is 60.2 Å². The summed E-state index contributed by atoms with van der Waals surface area (Å²) in [4.78, 5) is 17.6. The fourth-order valence-electron chi connectivity index (χ4n) is 6.15. The molecule has 1 aliphatic carbocycles. The van der Waals surface area contributed by atoms with Crippen LogP contribution in [0.3, 0.4) is 0 Å². The van der Waals surface area contributed by atoms with Gasteiger partial charge in [-0.3, -0.25) is 0 Å². The van der Waals surface area contributed by atoms with Crippen LogP contribution < -0.4 is 0 Å². The van der Waals surface area contributed by atoms with Crippen molar-refractivity contribution in [2.24, 2.45) is 0 Å². The Balaban J connectivity index is 1.58. The number of aromatic nitrogens is 2. The van der Waals surface area contributed by atoms with E-state index < -0.39 is 5.97 Å². The van der Waals surface area contributed by atoms with E-state index in [4.69, 9.17) is 4.74 Å². The van der Waals surface area contributed by atoms with Crippen molar-refractivity contribution in [3.05, 3.63) is 72.1 Å². The van der Waals surface area contributed by atoms with Gasteiger partial charge in [-0.15, -0.1) is 0 Å². The highest BCUT2D eigenvalue weighted by Gasteiger charge is 2.28. The van der Waals surface area contributed by atoms with Crippen molar-refractivity contribution in [2.45, 2.75) is 44.6 Å². The molecule has 4 aromatic rings. The van der Waals surface area contributed by atoms with E-state index in [0.29, 0.717) is 31.2 Å². The monoisotopic (exact) mass is 483 g/mol. The van der Waals surface area contributed by atoms with Crippen molar-refractivity contribution in [3.8, 4) is 11.3 Å². The summed E-state index contributed by atoms with van der Waals surface area (Å²) < 4.78 is 7.90. The third-order valence-electron chi connectivity index (χ3n) is 7.99. The fourth-order valence-corrected chi connectivity index (χ4v) is 6.15. The average molecular weight is 484 g/mol. The van der Waals surface area contributed by atoms with Crippen molar-refractivity contribution in [1.82, 2.24) is 14.5 Å². The van der Waals surface area contributed by atoms with E-state index in [2.05, 4.69) is 45.3 Å². The van der Waals surface area contributed by atoms with Crippen molar-refractivity contribution in [3.63, 3.8) is 0 Å². The van der Waals surface area contributed by atoms with Gasteiger partial charge in [0.05, 0.1) is 36.5 Å². The minimum atomic E-state index is -0.897. The van der Waals surface area contributed by atoms with Crippen LogP contribution in [0.1, 0.15) is 53.9 Å². The topological polar surface area (TPSA) is 70.5 Å². The lowest BCUT2D eigenvalue weighted by Gasteiger charge is -2.31. The van der Waals surface area contributed by atoms with Gasteiger partial charge in [-0.1, -0.05) is 38.0 Å². The number of aromatic carboxylic acids is 1. The second-order valence-electron chi connectivity index (χ2n) is 10.2. The Morgan fingerprint density at radius 1 is 1.06 bits per heavy atom. The number of morpholine rings is 1. The van der Waals surface area contributed by atoms with Gasteiger partial charge in [0.2, 0.25) is 0 Å². The number of carboxylic acid groups (broad SMARTS) is 1. The number of carbonyl (C=O) groups is 1. The number of nitrogens with one attached hydrogen (secondary N) is 1. The molecule has 1 aliphatic heterocycles. The van der Waals surface area contributed by atoms with Gasteiger partial charge in [0.1, 0.15) is 0 Å². The zero-order chi connectivity index (χ0) is 24.6.